The van der Waals surface area contributed by atoms with Crippen LogP contribution in [-0.2, 0) is 19.5 Å². The molecule has 5 heteroatoms. The number of fused-ring (bicyclic) bond motifs is 1. The van der Waals surface area contributed by atoms with Crippen molar-refractivity contribution in [3.63, 3.8) is 0 Å². The second-order valence-corrected chi connectivity index (χ2v) is 6.92. The number of nitrogens with one attached hydrogen (secondary N) is 1. The Morgan fingerprint density at radius 1 is 1.14 bits per heavy atom. The van der Waals surface area contributed by atoms with Gasteiger partial charge in [-0.1, -0.05) is 13.8 Å². The summed E-state index contributed by atoms with van der Waals surface area (Å²) in [5, 5.41) is 12.4. The molecule has 0 saturated carbocycles. The van der Waals surface area contributed by atoms with Gasteiger partial charge in [0.2, 0.25) is 0 Å². The second-order valence-electron chi connectivity index (χ2n) is 6.92. The van der Waals surface area contributed by atoms with Crippen LogP contribution in [0.4, 0.5) is 0 Å². The molecule has 1 saturated heterocycles. The van der Waals surface area contributed by atoms with Crippen molar-refractivity contribution in [3.8, 4) is 0 Å². The summed E-state index contributed by atoms with van der Waals surface area (Å²) < 4.78 is 2.36. The summed E-state index contributed by atoms with van der Waals surface area (Å²) in [5.41, 5.74) is 0. The number of hydrogen-bond donors (Lipinski definition) is 1. The number of aromatic nitrogens is 3. The number of nitrogens with zero attached hydrogens (tertiary/aromatic N) is 4. The first-order valence-electron chi connectivity index (χ1n) is 8.59. The number of aryl methyl sites for hydroxylation is 1. The molecule has 0 aromatic carbocycles. The fraction of sp³-hybridized carbons (Fsp3) is 0.875. The van der Waals surface area contributed by atoms with Gasteiger partial charge in [-0.2, -0.15) is 0 Å². The van der Waals surface area contributed by atoms with Gasteiger partial charge in [0.1, 0.15) is 11.6 Å². The lowest BCUT2D eigenvalue weighted by Gasteiger charge is -2.32. The van der Waals surface area contributed by atoms with Crippen LogP contribution in [-0.4, -0.2) is 45.3 Å². The molecule has 2 aliphatic heterocycles. The minimum Gasteiger partial charge on any atom is -0.314 e. The molecule has 0 aliphatic carbocycles. The van der Waals surface area contributed by atoms with Gasteiger partial charge in [-0.15, -0.1) is 10.2 Å². The fourth-order valence-corrected chi connectivity index (χ4v) is 3.44. The average molecular weight is 291 g/mol. The topological polar surface area (TPSA) is 46.0 Å². The third kappa shape index (κ3) is 3.83. The van der Waals surface area contributed by atoms with E-state index in [-0.39, 0.29) is 0 Å². The van der Waals surface area contributed by atoms with Gasteiger partial charge in [0.25, 0.3) is 0 Å². The van der Waals surface area contributed by atoms with Gasteiger partial charge in [-0.25, -0.2) is 0 Å². The first-order chi connectivity index (χ1) is 10.2. The number of piperidine rings is 1. The Kier molecular flexibility index (Phi) is 4.91. The fourth-order valence-electron chi connectivity index (χ4n) is 3.44. The first kappa shape index (κ1) is 15.0. The summed E-state index contributed by atoms with van der Waals surface area (Å²) in [6.45, 7) is 10.1. The molecule has 1 aromatic rings. The maximum atomic E-state index is 4.43. The average Bonchev–Trinajstić information content (AvgIpc) is 2.90. The quantitative estimate of drug-likeness (QED) is 0.899. The van der Waals surface area contributed by atoms with Crippen LogP contribution in [0.15, 0.2) is 0 Å². The molecule has 1 N–H and O–H groups in total. The Hall–Kier alpha value is -0.940. The van der Waals surface area contributed by atoms with E-state index in [4.69, 9.17) is 0 Å². The van der Waals surface area contributed by atoms with E-state index in [0.29, 0.717) is 6.04 Å². The Morgan fingerprint density at radius 2 is 1.95 bits per heavy atom. The van der Waals surface area contributed by atoms with E-state index in [1.54, 1.807) is 0 Å². The largest absolute Gasteiger partial charge is 0.314 e. The van der Waals surface area contributed by atoms with Crippen molar-refractivity contribution in [2.45, 2.75) is 65.1 Å². The summed E-state index contributed by atoms with van der Waals surface area (Å²) in [6, 6.07) is 0.602. The van der Waals surface area contributed by atoms with Crippen LogP contribution in [0.1, 0.15) is 51.2 Å². The molecule has 0 bridgehead atoms. The number of hydrogen-bond acceptors (Lipinski definition) is 4. The molecule has 5 nitrogen and oxygen atoms in total. The highest BCUT2D eigenvalue weighted by atomic mass is 15.3. The lowest BCUT2D eigenvalue weighted by molar-refractivity contribution is 0.168. The molecular formula is C16H29N5. The molecule has 0 spiro atoms. The third-order valence-corrected chi connectivity index (χ3v) is 4.82. The van der Waals surface area contributed by atoms with Crippen molar-refractivity contribution in [2.24, 2.45) is 5.92 Å². The van der Waals surface area contributed by atoms with Gasteiger partial charge >= 0.3 is 0 Å². The SMILES string of the molecule is CC(C)NCC1CCN(Cc2nnc3n2CCCC3)CC1. The molecule has 0 unspecified atom stereocenters. The van der Waals surface area contributed by atoms with Crippen molar-refractivity contribution in [2.75, 3.05) is 19.6 Å². The molecule has 1 fully saturated rings. The molecule has 0 atom stereocenters. The highest BCUT2D eigenvalue weighted by Gasteiger charge is 2.22. The van der Waals surface area contributed by atoms with E-state index in [1.807, 2.05) is 0 Å². The van der Waals surface area contributed by atoms with Crippen LogP contribution in [0.2, 0.25) is 0 Å². The zero-order chi connectivity index (χ0) is 14.7. The van der Waals surface area contributed by atoms with E-state index in [9.17, 15) is 0 Å². The lowest BCUT2D eigenvalue weighted by Crippen LogP contribution is -2.38. The molecular weight excluding hydrogens is 262 g/mol. The lowest BCUT2D eigenvalue weighted by atomic mass is 9.96. The van der Waals surface area contributed by atoms with Crippen LogP contribution < -0.4 is 5.32 Å². The second kappa shape index (κ2) is 6.88. The Balaban J connectivity index is 1.48. The molecule has 21 heavy (non-hydrogen) atoms. The van der Waals surface area contributed by atoms with Crippen LogP contribution in [0.25, 0.3) is 0 Å². The Morgan fingerprint density at radius 3 is 2.71 bits per heavy atom. The molecule has 2 aliphatic rings. The standard InChI is InChI=1S/C16H29N5/c1-13(2)17-11-14-6-9-20(10-7-14)12-16-19-18-15-5-3-4-8-21(15)16/h13-14,17H,3-12H2,1-2H3. The van der Waals surface area contributed by atoms with Gasteiger partial charge in [0, 0.05) is 19.0 Å². The third-order valence-electron chi connectivity index (χ3n) is 4.82. The van der Waals surface area contributed by atoms with E-state index in [2.05, 4.69) is 38.8 Å². The number of likely N-dealkylation sites (tertiary alicyclic amines) is 1. The molecule has 3 heterocycles. The van der Waals surface area contributed by atoms with Crippen LogP contribution in [0, 0.1) is 5.92 Å². The highest BCUT2D eigenvalue weighted by molar-refractivity contribution is 4.99. The monoisotopic (exact) mass is 291 g/mol. The van der Waals surface area contributed by atoms with E-state index in [1.165, 1.54) is 57.0 Å². The molecule has 0 amide bonds. The summed E-state index contributed by atoms with van der Waals surface area (Å²) in [5.74, 6) is 3.23. The zero-order valence-corrected chi connectivity index (χ0v) is 13.5. The van der Waals surface area contributed by atoms with Crippen molar-refractivity contribution in [3.05, 3.63) is 11.6 Å². The van der Waals surface area contributed by atoms with Gasteiger partial charge in [0.05, 0.1) is 6.54 Å². The Bertz CT molecular complexity index is 446. The first-order valence-corrected chi connectivity index (χ1v) is 8.59. The van der Waals surface area contributed by atoms with Crippen molar-refractivity contribution >= 4 is 0 Å². The zero-order valence-electron chi connectivity index (χ0n) is 13.5. The summed E-state index contributed by atoms with van der Waals surface area (Å²) in [6.07, 6.45) is 6.27. The maximum Gasteiger partial charge on any atom is 0.147 e. The molecule has 118 valence electrons. The summed E-state index contributed by atoms with van der Waals surface area (Å²) >= 11 is 0. The van der Waals surface area contributed by atoms with Crippen molar-refractivity contribution < 1.29 is 0 Å². The van der Waals surface area contributed by atoms with Crippen LogP contribution >= 0.6 is 0 Å². The van der Waals surface area contributed by atoms with Crippen molar-refractivity contribution in [1.82, 2.24) is 25.0 Å². The number of rotatable bonds is 5. The summed E-state index contributed by atoms with van der Waals surface area (Å²) in [7, 11) is 0. The van der Waals surface area contributed by atoms with E-state index < -0.39 is 0 Å². The van der Waals surface area contributed by atoms with Gasteiger partial charge in [-0.05, 0) is 51.2 Å². The van der Waals surface area contributed by atoms with Crippen molar-refractivity contribution in [1.29, 1.82) is 0 Å². The van der Waals surface area contributed by atoms with Gasteiger partial charge in [0.15, 0.2) is 0 Å². The maximum absolute atomic E-state index is 4.43. The van der Waals surface area contributed by atoms with Crippen LogP contribution in [0.5, 0.6) is 0 Å². The van der Waals surface area contributed by atoms with Gasteiger partial charge < -0.3 is 9.88 Å². The van der Waals surface area contributed by atoms with E-state index in [0.717, 1.165) is 25.4 Å². The minimum absolute atomic E-state index is 0.602. The van der Waals surface area contributed by atoms with Gasteiger partial charge in [-0.3, -0.25) is 4.90 Å². The van der Waals surface area contributed by atoms with Crippen LogP contribution in [0.3, 0.4) is 0 Å². The Labute approximate surface area is 128 Å². The predicted octanol–water partition coefficient (Wildman–Crippen LogP) is 1.82. The summed E-state index contributed by atoms with van der Waals surface area (Å²) in [4.78, 5) is 2.55. The molecule has 3 rings (SSSR count). The minimum atomic E-state index is 0.602. The van der Waals surface area contributed by atoms with E-state index >= 15 is 0 Å². The molecule has 1 aromatic heterocycles. The molecule has 0 radical (unpaired) electrons. The highest BCUT2D eigenvalue weighted by Crippen LogP contribution is 2.20. The smallest absolute Gasteiger partial charge is 0.147 e. The predicted molar refractivity (Wildman–Crippen MR) is 84.1 cm³/mol. The normalized spacial score (nSPS) is 20.9.